The van der Waals surface area contributed by atoms with Crippen LogP contribution in [0.4, 0.5) is 19.1 Å². The Morgan fingerprint density at radius 1 is 1.14 bits per heavy atom. The van der Waals surface area contributed by atoms with Crippen LogP contribution in [0.25, 0.3) is 0 Å². The lowest BCUT2D eigenvalue weighted by molar-refractivity contribution is -0.137. The molecule has 1 N–H and O–H groups in total. The summed E-state index contributed by atoms with van der Waals surface area (Å²) in [6.07, 6.45) is -4.36. The van der Waals surface area contributed by atoms with Crippen molar-refractivity contribution in [1.82, 2.24) is 9.97 Å². The molecule has 0 bridgehead atoms. The zero-order valence-electron chi connectivity index (χ0n) is 11.5. The van der Waals surface area contributed by atoms with E-state index in [0.29, 0.717) is 18.2 Å². The van der Waals surface area contributed by atoms with Crippen LogP contribution in [0.2, 0.25) is 0 Å². The fourth-order valence-electron chi connectivity index (χ4n) is 1.66. The van der Waals surface area contributed by atoms with E-state index in [1.807, 2.05) is 6.92 Å². The maximum Gasteiger partial charge on any atom is 0.416 e. The van der Waals surface area contributed by atoms with Crippen molar-refractivity contribution in [2.24, 2.45) is 0 Å². The number of hydrogen-bond donors (Lipinski definition) is 1. The molecule has 0 aliphatic carbocycles. The maximum absolute atomic E-state index is 12.5. The van der Waals surface area contributed by atoms with Crippen molar-refractivity contribution in [3.63, 3.8) is 0 Å². The number of hydrogen-bond acceptors (Lipinski definition) is 4. The summed E-state index contributed by atoms with van der Waals surface area (Å²) >= 11 is 0. The van der Waals surface area contributed by atoms with E-state index < -0.39 is 11.7 Å². The third kappa shape index (κ3) is 4.08. The Labute approximate surface area is 120 Å². The van der Waals surface area contributed by atoms with Gasteiger partial charge in [0.2, 0.25) is 11.8 Å². The van der Waals surface area contributed by atoms with Gasteiger partial charge in [0.05, 0.1) is 5.56 Å². The first-order chi connectivity index (χ1) is 9.88. The van der Waals surface area contributed by atoms with Crippen LogP contribution in [-0.4, -0.2) is 16.5 Å². The highest BCUT2D eigenvalue weighted by Gasteiger charge is 2.30. The van der Waals surface area contributed by atoms with E-state index in [1.54, 1.807) is 13.0 Å². The van der Waals surface area contributed by atoms with Gasteiger partial charge >= 0.3 is 6.18 Å². The first-order valence-corrected chi connectivity index (χ1v) is 6.33. The zero-order chi connectivity index (χ0) is 15.5. The second-order valence-electron chi connectivity index (χ2n) is 4.33. The lowest BCUT2D eigenvalue weighted by Gasteiger charge is -2.10. The molecule has 1 aromatic carbocycles. The summed E-state index contributed by atoms with van der Waals surface area (Å²) in [5.41, 5.74) is -0.0232. The third-order valence-electron chi connectivity index (χ3n) is 2.57. The largest absolute Gasteiger partial charge is 0.439 e. The van der Waals surface area contributed by atoms with E-state index in [0.717, 1.165) is 12.1 Å². The quantitative estimate of drug-likeness (QED) is 0.925. The average Bonchev–Trinajstić information content (AvgIpc) is 2.38. The Balaban J connectivity index is 2.18. The predicted octanol–water partition coefficient (Wildman–Crippen LogP) is 4.03. The number of rotatable bonds is 4. The summed E-state index contributed by atoms with van der Waals surface area (Å²) in [4.78, 5) is 8.28. The Morgan fingerprint density at radius 3 is 2.38 bits per heavy atom. The molecule has 1 heterocycles. The van der Waals surface area contributed by atoms with E-state index in [4.69, 9.17) is 4.74 Å². The van der Waals surface area contributed by atoms with E-state index in [2.05, 4.69) is 15.3 Å². The van der Waals surface area contributed by atoms with Gasteiger partial charge in [-0.25, -0.2) is 4.98 Å². The predicted molar refractivity (Wildman–Crippen MR) is 72.5 cm³/mol. The van der Waals surface area contributed by atoms with Crippen LogP contribution in [0, 0.1) is 6.92 Å². The molecule has 0 radical (unpaired) electrons. The molecular formula is C14H14F3N3O. The molecule has 2 aromatic rings. The highest BCUT2D eigenvalue weighted by Crippen LogP contribution is 2.31. The first kappa shape index (κ1) is 15.1. The molecule has 0 aliphatic heterocycles. The Kier molecular flexibility index (Phi) is 4.30. The maximum atomic E-state index is 12.5. The van der Waals surface area contributed by atoms with Crippen molar-refractivity contribution in [3.8, 4) is 11.6 Å². The first-order valence-electron chi connectivity index (χ1n) is 6.33. The van der Waals surface area contributed by atoms with Crippen LogP contribution in [-0.2, 0) is 6.18 Å². The van der Waals surface area contributed by atoms with Gasteiger partial charge in [0.1, 0.15) is 5.75 Å². The van der Waals surface area contributed by atoms with Crippen LogP contribution in [0.15, 0.2) is 30.3 Å². The van der Waals surface area contributed by atoms with Crippen molar-refractivity contribution in [2.45, 2.75) is 20.0 Å². The van der Waals surface area contributed by atoms with Crippen molar-refractivity contribution in [2.75, 3.05) is 11.9 Å². The normalized spacial score (nSPS) is 11.3. The van der Waals surface area contributed by atoms with E-state index in [1.165, 1.54) is 12.1 Å². The summed E-state index contributed by atoms with van der Waals surface area (Å²) in [6, 6.07) is 6.06. The number of aromatic nitrogens is 2. The van der Waals surface area contributed by atoms with Gasteiger partial charge in [-0.2, -0.15) is 18.2 Å². The summed E-state index contributed by atoms with van der Waals surface area (Å²) < 4.78 is 42.9. The monoisotopic (exact) mass is 297 g/mol. The van der Waals surface area contributed by atoms with Gasteiger partial charge in [0.15, 0.2) is 0 Å². The average molecular weight is 297 g/mol. The fourth-order valence-corrected chi connectivity index (χ4v) is 1.66. The van der Waals surface area contributed by atoms with Crippen molar-refractivity contribution < 1.29 is 17.9 Å². The summed E-state index contributed by atoms with van der Waals surface area (Å²) in [5.74, 6) is 0.973. The van der Waals surface area contributed by atoms with Gasteiger partial charge in [-0.1, -0.05) is 0 Å². The second-order valence-corrected chi connectivity index (χ2v) is 4.33. The van der Waals surface area contributed by atoms with Crippen LogP contribution in [0.3, 0.4) is 0 Å². The molecule has 0 aliphatic rings. The summed E-state index contributed by atoms with van der Waals surface area (Å²) in [5, 5.41) is 2.95. The molecule has 0 atom stereocenters. The molecule has 1 aromatic heterocycles. The topological polar surface area (TPSA) is 47.0 Å². The molecule has 0 saturated carbocycles. The number of nitrogens with zero attached hydrogens (tertiary/aromatic N) is 2. The Bertz CT molecular complexity index is 612. The Hall–Kier alpha value is -2.31. The van der Waals surface area contributed by atoms with Crippen LogP contribution in [0.1, 0.15) is 18.2 Å². The third-order valence-corrected chi connectivity index (χ3v) is 2.57. The number of alkyl halides is 3. The highest BCUT2D eigenvalue weighted by molar-refractivity contribution is 5.35. The molecule has 2 rings (SSSR count). The molecule has 0 fully saturated rings. The minimum Gasteiger partial charge on any atom is -0.439 e. The summed E-state index contributed by atoms with van der Waals surface area (Å²) in [6.45, 7) is 4.34. The number of halogens is 3. The zero-order valence-corrected chi connectivity index (χ0v) is 11.5. The molecule has 7 heteroatoms. The van der Waals surface area contributed by atoms with Crippen molar-refractivity contribution >= 4 is 5.95 Å². The van der Waals surface area contributed by atoms with Crippen LogP contribution >= 0.6 is 0 Å². The van der Waals surface area contributed by atoms with E-state index in [-0.39, 0.29) is 11.6 Å². The highest BCUT2D eigenvalue weighted by atomic mass is 19.4. The minimum atomic E-state index is -4.36. The molecule has 0 unspecified atom stereocenters. The number of aryl methyl sites for hydroxylation is 1. The molecule has 21 heavy (non-hydrogen) atoms. The van der Waals surface area contributed by atoms with Gasteiger partial charge < -0.3 is 10.1 Å². The standard InChI is InChI=1S/C14H14F3N3O/c1-3-18-13-19-9(2)8-12(20-13)21-11-6-4-10(5-7-11)14(15,16)17/h4-8H,3H2,1-2H3,(H,18,19,20). The van der Waals surface area contributed by atoms with Gasteiger partial charge in [-0.05, 0) is 38.1 Å². The van der Waals surface area contributed by atoms with Crippen LogP contribution in [0.5, 0.6) is 11.6 Å². The van der Waals surface area contributed by atoms with Crippen molar-refractivity contribution in [1.29, 1.82) is 0 Å². The SMILES string of the molecule is CCNc1nc(C)cc(Oc2ccc(C(F)(F)F)cc2)n1. The van der Waals surface area contributed by atoms with Gasteiger partial charge in [-0.3, -0.25) is 0 Å². The van der Waals surface area contributed by atoms with Crippen molar-refractivity contribution in [3.05, 3.63) is 41.6 Å². The molecule has 112 valence electrons. The molecule has 0 amide bonds. The number of ether oxygens (including phenoxy) is 1. The number of anilines is 1. The van der Waals surface area contributed by atoms with E-state index in [9.17, 15) is 13.2 Å². The van der Waals surface area contributed by atoms with Gasteiger partial charge in [0, 0.05) is 18.3 Å². The lowest BCUT2D eigenvalue weighted by atomic mass is 10.2. The number of nitrogens with one attached hydrogen (secondary N) is 1. The van der Waals surface area contributed by atoms with Gasteiger partial charge in [-0.15, -0.1) is 0 Å². The smallest absolute Gasteiger partial charge is 0.416 e. The minimum absolute atomic E-state index is 0.276. The fraction of sp³-hybridized carbons (Fsp3) is 0.286. The molecule has 0 saturated heterocycles. The molecule has 0 spiro atoms. The van der Waals surface area contributed by atoms with Gasteiger partial charge in [0.25, 0.3) is 0 Å². The lowest BCUT2D eigenvalue weighted by Crippen LogP contribution is -2.05. The van der Waals surface area contributed by atoms with E-state index >= 15 is 0 Å². The molecular weight excluding hydrogens is 283 g/mol. The second kappa shape index (κ2) is 5.99. The van der Waals surface area contributed by atoms with Crippen LogP contribution < -0.4 is 10.1 Å². The molecule has 4 nitrogen and oxygen atoms in total. The Morgan fingerprint density at radius 2 is 1.81 bits per heavy atom. The summed E-state index contributed by atoms with van der Waals surface area (Å²) in [7, 11) is 0. The number of benzene rings is 1.